The van der Waals surface area contributed by atoms with Crippen LogP contribution in [0.5, 0.6) is 0 Å². The Bertz CT molecular complexity index is 793. The lowest BCUT2D eigenvalue weighted by Gasteiger charge is -2.19. The van der Waals surface area contributed by atoms with Crippen molar-refractivity contribution in [2.24, 2.45) is 0 Å². The van der Waals surface area contributed by atoms with Crippen LogP contribution in [-0.4, -0.2) is 47.1 Å². The molecule has 6 nitrogen and oxygen atoms in total. The first-order chi connectivity index (χ1) is 13.2. The van der Waals surface area contributed by atoms with Crippen molar-refractivity contribution >= 4 is 12.0 Å². The average molecular weight is 365 g/mol. The molecule has 1 aromatic carbocycles. The molecule has 1 N–H and O–H groups in total. The molecule has 2 aliphatic rings. The van der Waals surface area contributed by atoms with Gasteiger partial charge in [-0.1, -0.05) is 30.3 Å². The smallest absolute Gasteiger partial charge is 0.410 e. The topological polar surface area (TPSA) is 71.5 Å². The van der Waals surface area contributed by atoms with Crippen molar-refractivity contribution in [3.05, 3.63) is 66.0 Å². The van der Waals surface area contributed by atoms with Gasteiger partial charge in [0.15, 0.2) is 0 Å². The van der Waals surface area contributed by atoms with Gasteiger partial charge in [0.2, 0.25) is 5.91 Å². The number of carbonyl (C=O) groups is 2. The lowest BCUT2D eigenvalue weighted by Crippen LogP contribution is -2.38. The number of ether oxygens (including phenoxy) is 1. The zero-order chi connectivity index (χ0) is 18.6. The number of nitrogens with zero attached hydrogens (tertiary/aromatic N) is 2. The molecule has 1 aromatic heterocycles. The van der Waals surface area contributed by atoms with Crippen molar-refractivity contribution in [3.8, 4) is 0 Å². The fourth-order valence-electron chi connectivity index (χ4n) is 3.47. The number of carbonyl (C=O) groups excluding carboxylic acids is 2. The van der Waals surface area contributed by atoms with Crippen LogP contribution in [0.4, 0.5) is 4.79 Å². The molecule has 2 atom stereocenters. The van der Waals surface area contributed by atoms with Gasteiger partial charge in [0.05, 0.1) is 19.0 Å². The van der Waals surface area contributed by atoms with Crippen LogP contribution in [-0.2, 0) is 16.0 Å². The molecule has 1 saturated heterocycles. The predicted molar refractivity (Wildman–Crippen MR) is 100 cm³/mol. The summed E-state index contributed by atoms with van der Waals surface area (Å²) >= 11 is 0. The molecule has 0 bridgehead atoms. The van der Waals surface area contributed by atoms with Gasteiger partial charge >= 0.3 is 6.09 Å². The van der Waals surface area contributed by atoms with E-state index in [9.17, 15) is 9.59 Å². The monoisotopic (exact) mass is 365 g/mol. The minimum Gasteiger partial charge on any atom is -0.442 e. The Kier molecular flexibility index (Phi) is 5.05. The van der Waals surface area contributed by atoms with Gasteiger partial charge in [-0.2, -0.15) is 0 Å². The summed E-state index contributed by atoms with van der Waals surface area (Å²) < 4.78 is 5.39. The van der Waals surface area contributed by atoms with Crippen LogP contribution in [0, 0.1) is 0 Å². The second kappa shape index (κ2) is 7.78. The van der Waals surface area contributed by atoms with E-state index >= 15 is 0 Å². The van der Waals surface area contributed by atoms with Crippen LogP contribution >= 0.6 is 0 Å². The quantitative estimate of drug-likeness (QED) is 0.818. The number of aromatic nitrogens is 1. The van der Waals surface area contributed by atoms with E-state index in [1.165, 1.54) is 0 Å². The van der Waals surface area contributed by atoms with E-state index in [1.54, 1.807) is 17.3 Å². The van der Waals surface area contributed by atoms with Crippen LogP contribution in [0.25, 0.3) is 0 Å². The third-order valence-electron chi connectivity index (χ3n) is 5.10. The molecule has 27 heavy (non-hydrogen) atoms. The van der Waals surface area contributed by atoms with E-state index in [1.807, 2.05) is 42.5 Å². The SMILES string of the molecule is O=C(NCC1CN(C2CC2)C(=O)O1)C(Cc1ccncc1)c1ccccc1. The molecule has 1 aliphatic heterocycles. The maximum Gasteiger partial charge on any atom is 0.410 e. The third kappa shape index (κ3) is 4.27. The van der Waals surface area contributed by atoms with Crippen molar-refractivity contribution in [1.29, 1.82) is 0 Å². The fraction of sp³-hybridized carbons (Fsp3) is 0.381. The second-order valence-corrected chi connectivity index (χ2v) is 7.16. The first-order valence-corrected chi connectivity index (χ1v) is 9.39. The van der Waals surface area contributed by atoms with Gasteiger partial charge in [0, 0.05) is 18.4 Å². The molecule has 2 unspecified atom stereocenters. The molecule has 2 heterocycles. The normalized spacial score (nSPS) is 20.2. The van der Waals surface area contributed by atoms with Crippen molar-refractivity contribution < 1.29 is 14.3 Å². The Balaban J connectivity index is 1.40. The van der Waals surface area contributed by atoms with Crippen molar-refractivity contribution in [2.75, 3.05) is 13.1 Å². The van der Waals surface area contributed by atoms with E-state index in [0.29, 0.717) is 25.6 Å². The highest BCUT2D eigenvalue weighted by atomic mass is 16.6. The van der Waals surface area contributed by atoms with Crippen molar-refractivity contribution in [3.63, 3.8) is 0 Å². The highest BCUT2D eigenvalue weighted by Crippen LogP contribution is 2.30. The van der Waals surface area contributed by atoms with Crippen LogP contribution in [0.1, 0.15) is 29.9 Å². The molecule has 2 fully saturated rings. The van der Waals surface area contributed by atoms with Gasteiger partial charge in [-0.3, -0.25) is 9.78 Å². The number of hydrogen-bond acceptors (Lipinski definition) is 4. The predicted octanol–water partition coefficient (Wildman–Crippen LogP) is 2.51. The largest absolute Gasteiger partial charge is 0.442 e. The van der Waals surface area contributed by atoms with Gasteiger partial charge in [-0.25, -0.2) is 4.79 Å². The molecule has 1 saturated carbocycles. The van der Waals surface area contributed by atoms with E-state index in [-0.39, 0.29) is 24.0 Å². The van der Waals surface area contributed by atoms with E-state index in [0.717, 1.165) is 24.0 Å². The number of hydrogen-bond donors (Lipinski definition) is 1. The molecule has 2 aromatic rings. The molecule has 4 rings (SSSR count). The number of rotatable bonds is 7. The zero-order valence-electron chi connectivity index (χ0n) is 15.1. The van der Waals surface area contributed by atoms with Crippen LogP contribution in [0.15, 0.2) is 54.9 Å². The summed E-state index contributed by atoms with van der Waals surface area (Å²) in [6.07, 6.45) is 5.63. The van der Waals surface area contributed by atoms with Gasteiger partial charge in [-0.05, 0) is 42.5 Å². The molecule has 0 spiro atoms. The Morgan fingerprint density at radius 1 is 1.19 bits per heavy atom. The number of cyclic esters (lactones) is 1. The lowest BCUT2D eigenvalue weighted by molar-refractivity contribution is -0.122. The average Bonchev–Trinajstić information content (AvgIpc) is 3.48. The molecular formula is C21H23N3O3. The molecule has 2 amide bonds. The maximum atomic E-state index is 12.9. The van der Waals surface area contributed by atoms with E-state index in [2.05, 4.69) is 10.3 Å². The zero-order valence-corrected chi connectivity index (χ0v) is 15.1. The number of amides is 2. The second-order valence-electron chi connectivity index (χ2n) is 7.16. The Labute approximate surface area is 158 Å². The summed E-state index contributed by atoms with van der Waals surface area (Å²) in [5.41, 5.74) is 2.02. The van der Waals surface area contributed by atoms with Crippen molar-refractivity contribution in [2.45, 2.75) is 37.3 Å². The minimum atomic E-state index is -0.301. The summed E-state index contributed by atoms with van der Waals surface area (Å²) in [6.45, 7) is 0.900. The number of benzene rings is 1. The van der Waals surface area contributed by atoms with Crippen LogP contribution in [0.2, 0.25) is 0 Å². The summed E-state index contributed by atoms with van der Waals surface area (Å²) in [5, 5.41) is 2.99. The maximum absolute atomic E-state index is 12.9. The highest BCUT2D eigenvalue weighted by Gasteiger charge is 2.41. The molecule has 1 aliphatic carbocycles. The van der Waals surface area contributed by atoms with Gasteiger partial charge in [0.1, 0.15) is 6.10 Å². The molecule has 0 radical (unpaired) electrons. The van der Waals surface area contributed by atoms with Crippen LogP contribution < -0.4 is 5.32 Å². The fourth-order valence-corrected chi connectivity index (χ4v) is 3.47. The highest BCUT2D eigenvalue weighted by molar-refractivity contribution is 5.84. The van der Waals surface area contributed by atoms with E-state index < -0.39 is 0 Å². The molecule has 6 heteroatoms. The summed E-state index contributed by atoms with van der Waals surface area (Å²) in [6, 6.07) is 13.9. The Morgan fingerprint density at radius 3 is 2.63 bits per heavy atom. The summed E-state index contributed by atoms with van der Waals surface area (Å²) in [5.74, 6) is -0.357. The Hall–Kier alpha value is -2.89. The van der Waals surface area contributed by atoms with Gasteiger partial charge < -0.3 is 15.0 Å². The number of pyridine rings is 1. The molecular weight excluding hydrogens is 342 g/mol. The Morgan fingerprint density at radius 2 is 1.93 bits per heavy atom. The summed E-state index contributed by atoms with van der Waals surface area (Å²) in [4.78, 5) is 30.6. The standard InChI is InChI=1S/C21H23N3O3/c25-20(23-13-18-14-24(17-6-7-17)21(26)27-18)19(16-4-2-1-3-5-16)12-15-8-10-22-11-9-15/h1-5,8-11,17-19H,6-7,12-14H2,(H,23,25). The third-order valence-corrected chi connectivity index (χ3v) is 5.10. The van der Waals surface area contributed by atoms with E-state index in [4.69, 9.17) is 4.74 Å². The van der Waals surface area contributed by atoms with Crippen molar-refractivity contribution in [1.82, 2.24) is 15.2 Å². The first-order valence-electron chi connectivity index (χ1n) is 9.39. The summed E-state index contributed by atoms with van der Waals surface area (Å²) in [7, 11) is 0. The minimum absolute atomic E-state index is 0.0565. The van der Waals surface area contributed by atoms with Gasteiger partial charge in [-0.15, -0.1) is 0 Å². The number of nitrogens with one attached hydrogen (secondary N) is 1. The molecule has 140 valence electrons. The lowest BCUT2D eigenvalue weighted by atomic mass is 9.91. The first kappa shape index (κ1) is 17.5. The van der Waals surface area contributed by atoms with Gasteiger partial charge in [0.25, 0.3) is 0 Å². The van der Waals surface area contributed by atoms with Crippen LogP contribution in [0.3, 0.4) is 0 Å².